The number of carbonyl (C=O) groups excluding carboxylic acids is 1. The molecule has 0 aromatic rings. The molecule has 0 aromatic carbocycles. The minimum atomic E-state index is 0.138. The van der Waals surface area contributed by atoms with E-state index in [0.717, 1.165) is 29.7 Å². The topological polar surface area (TPSA) is 69.1 Å². The van der Waals surface area contributed by atoms with Gasteiger partial charge in [-0.05, 0) is 37.5 Å². The van der Waals surface area contributed by atoms with Gasteiger partial charge in [-0.15, -0.1) is 0 Å². The molecule has 0 bridgehead atoms. The van der Waals surface area contributed by atoms with Crippen LogP contribution in [0.4, 0.5) is 0 Å². The molecule has 1 atom stereocenters. The van der Waals surface area contributed by atoms with Gasteiger partial charge in [0, 0.05) is 11.6 Å². The van der Waals surface area contributed by atoms with E-state index >= 15 is 0 Å². The van der Waals surface area contributed by atoms with Gasteiger partial charge in [-0.2, -0.15) is 0 Å². The van der Waals surface area contributed by atoms with E-state index in [9.17, 15) is 4.79 Å². The van der Waals surface area contributed by atoms with Crippen molar-refractivity contribution in [3.8, 4) is 0 Å². The number of hydrogen-bond donors (Lipinski definition) is 2. The van der Waals surface area contributed by atoms with Crippen LogP contribution in [0.1, 0.15) is 26.7 Å². The van der Waals surface area contributed by atoms with Crippen LogP contribution in [0.25, 0.3) is 0 Å². The summed E-state index contributed by atoms with van der Waals surface area (Å²) in [6.45, 7) is 4.21. The van der Waals surface area contributed by atoms with Crippen molar-refractivity contribution in [2.75, 3.05) is 6.54 Å². The molecule has 0 fully saturated rings. The van der Waals surface area contributed by atoms with Gasteiger partial charge < -0.3 is 11.5 Å². The Bertz CT molecular complexity index is 302. The number of ketones is 1. The average molecular weight is 194 g/mol. The van der Waals surface area contributed by atoms with Gasteiger partial charge in [0.2, 0.25) is 0 Å². The summed E-state index contributed by atoms with van der Waals surface area (Å²) < 4.78 is 0. The zero-order valence-electron chi connectivity index (χ0n) is 8.84. The Morgan fingerprint density at radius 3 is 2.79 bits per heavy atom. The molecule has 0 radical (unpaired) electrons. The van der Waals surface area contributed by atoms with Crippen LogP contribution in [-0.4, -0.2) is 12.3 Å². The van der Waals surface area contributed by atoms with E-state index in [-0.39, 0.29) is 11.7 Å². The Kier molecular flexibility index (Phi) is 3.47. The number of hydrogen-bond acceptors (Lipinski definition) is 3. The van der Waals surface area contributed by atoms with E-state index in [2.05, 4.69) is 0 Å². The van der Waals surface area contributed by atoms with Crippen LogP contribution in [-0.2, 0) is 4.79 Å². The first-order valence-electron chi connectivity index (χ1n) is 4.96. The maximum Gasteiger partial charge on any atom is 0.155 e. The summed E-state index contributed by atoms with van der Waals surface area (Å²) in [6, 6.07) is 0. The van der Waals surface area contributed by atoms with Crippen LogP contribution < -0.4 is 11.5 Å². The predicted molar refractivity (Wildman–Crippen MR) is 57.4 cm³/mol. The Morgan fingerprint density at radius 1 is 1.64 bits per heavy atom. The normalized spacial score (nSPS) is 22.2. The second-order valence-electron chi connectivity index (χ2n) is 3.85. The molecule has 1 unspecified atom stereocenters. The summed E-state index contributed by atoms with van der Waals surface area (Å²) >= 11 is 0. The molecule has 0 saturated carbocycles. The van der Waals surface area contributed by atoms with Gasteiger partial charge in [-0.3, -0.25) is 4.79 Å². The highest BCUT2D eigenvalue weighted by Gasteiger charge is 2.19. The van der Waals surface area contributed by atoms with E-state index in [1.807, 2.05) is 13.0 Å². The molecule has 0 aliphatic heterocycles. The molecule has 0 aromatic heterocycles. The molecule has 4 N–H and O–H groups in total. The zero-order valence-corrected chi connectivity index (χ0v) is 8.84. The average Bonchev–Trinajstić information content (AvgIpc) is 2.12. The Balaban J connectivity index is 2.96. The van der Waals surface area contributed by atoms with Crippen molar-refractivity contribution in [2.45, 2.75) is 26.7 Å². The van der Waals surface area contributed by atoms with Crippen molar-refractivity contribution < 1.29 is 4.79 Å². The lowest BCUT2D eigenvalue weighted by atomic mass is 9.86. The lowest BCUT2D eigenvalue weighted by Gasteiger charge is -2.22. The molecule has 1 rings (SSSR count). The highest BCUT2D eigenvalue weighted by molar-refractivity contribution is 5.94. The smallest absolute Gasteiger partial charge is 0.155 e. The van der Waals surface area contributed by atoms with E-state index in [0.29, 0.717) is 6.54 Å². The van der Waals surface area contributed by atoms with Gasteiger partial charge >= 0.3 is 0 Å². The largest absolute Gasteiger partial charge is 0.402 e. The molecule has 1 aliphatic carbocycles. The van der Waals surface area contributed by atoms with Crippen molar-refractivity contribution in [3.63, 3.8) is 0 Å². The lowest BCUT2D eigenvalue weighted by molar-refractivity contribution is -0.113. The summed E-state index contributed by atoms with van der Waals surface area (Å²) in [4.78, 5) is 11.2. The SMILES string of the molecule is CC(=O)C1=CC(CCN)=C(N)C(C)C1. The summed E-state index contributed by atoms with van der Waals surface area (Å²) in [5, 5.41) is 0. The predicted octanol–water partition coefficient (Wildman–Crippen LogP) is 1.10. The fraction of sp³-hybridized carbons (Fsp3) is 0.545. The van der Waals surface area contributed by atoms with E-state index in [4.69, 9.17) is 11.5 Å². The van der Waals surface area contributed by atoms with Crippen LogP contribution in [0.5, 0.6) is 0 Å². The number of rotatable bonds is 3. The number of Topliss-reactive ketones (excluding diaryl/α,β-unsaturated/α-hetero) is 1. The van der Waals surface area contributed by atoms with E-state index in [1.54, 1.807) is 6.92 Å². The third kappa shape index (κ3) is 2.23. The Morgan fingerprint density at radius 2 is 2.29 bits per heavy atom. The molecule has 3 nitrogen and oxygen atoms in total. The Labute approximate surface area is 84.8 Å². The highest BCUT2D eigenvalue weighted by atomic mass is 16.1. The summed E-state index contributed by atoms with van der Waals surface area (Å²) in [6.07, 6.45) is 3.42. The summed E-state index contributed by atoms with van der Waals surface area (Å²) in [5.41, 5.74) is 14.2. The molecule has 78 valence electrons. The second-order valence-corrected chi connectivity index (χ2v) is 3.85. The minimum absolute atomic E-state index is 0.138. The molecule has 3 heteroatoms. The van der Waals surface area contributed by atoms with Crippen LogP contribution >= 0.6 is 0 Å². The van der Waals surface area contributed by atoms with Gasteiger partial charge in [0.25, 0.3) is 0 Å². The van der Waals surface area contributed by atoms with Gasteiger partial charge in [0.05, 0.1) is 0 Å². The number of nitrogens with two attached hydrogens (primary N) is 2. The molecule has 0 spiro atoms. The monoisotopic (exact) mass is 194 g/mol. The third-order valence-corrected chi connectivity index (χ3v) is 2.64. The Hall–Kier alpha value is -1.09. The van der Waals surface area contributed by atoms with Crippen LogP contribution in [0, 0.1) is 5.92 Å². The molecule has 0 heterocycles. The van der Waals surface area contributed by atoms with Crippen LogP contribution in [0.2, 0.25) is 0 Å². The number of allylic oxidation sites excluding steroid dienone is 3. The van der Waals surface area contributed by atoms with Gasteiger partial charge in [-0.1, -0.05) is 13.0 Å². The van der Waals surface area contributed by atoms with Crippen molar-refractivity contribution in [1.29, 1.82) is 0 Å². The van der Waals surface area contributed by atoms with Crippen LogP contribution in [0.3, 0.4) is 0 Å². The van der Waals surface area contributed by atoms with E-state index < -0.39 is 0 Å². The first kappa shape index (κ1) is 11.0. The van der Waals surface area contributed by atoms with Crippen molar-refractivity contribution in [3.05, 3.63) is 22.9 Å². The number of carbonyl (C=O) groups is 1. The maximum atomic E-state index is 11.2. The fourth-order valence-electron chi connectivity index (χ4n) is 1.73. The summed E-state index contributed by atoms with van der Waals surface area (Å²) in [7, 11) is 0. The molecule has 1 aliphatic rings. The first-order chi connectivity index (χ1) is 6.56. The maximum absolute atomic E-state index is 11.2. The standard InChI is InChI=1S/C11H18N2O/c1-7-5-10(8(2)14)6-9(3-4-12)11(7)13/h6-7H,3-5,12-13H2,1-2H3. The highest BCUT2D eigenvalue weighted by Crippen LogP contribution is 2.27. The minimum Gasteiger partial charge on any atom is -0.402 e. The quantitative estimate of drug-likeness (QED) is 0.707. The molecular formula is C11H18N2O. The summed E-state index contributed by atoms with van der Waals surface area (Å²) in [5.74, 6) is 0.402. The third-order valence-electron chi connectivity index (χ3n) is 2.64. The molecule has 0 saturated heterocycles. The van der Waals surface area contributed by atoms with Gasteiger partial charge in [-0.25, -0.2) is 0 Å². The van der Waals surface area contributed by atoms with Crippen molar-refractivity contribution in [1.82, 2.24) is 0 Å². The van der Waals surface area contributed by atoms with Crippen molar-refractivity contribution in [2.24, 2.45) is 17.4 Å². The first-order valence-corrected chi connectivity index (χ1v) is 4.96. The van der Waals surface area contributed by atoms with Gasteiger partial charge in [0.15, 0.2) is 5.78 Å². The zero-order chi connectivity index (χ0) is 10.7. The fourth-order valence-corrected chi connectivity index (χ4v) is 1.73. The molecule has 14 heavy (non-hydrogen) atoms. The molecular weight excluding hydrogens is 176 g/mol. The van der Waals surface area contributed by atoms with E-state index in [1.165, 1.54) is 0 Å². The van der Waals surface area contributed by atoms with Crippen LogP contribution in [0.15, 0.2) is 22.9 Å². The van der Waals surface area contributed by atoms with Crippen molar-refractivity contribution >= 4 is 5.78 Å². The second kappa shape index (κ2) is 4.42. The lowest BCUT2D eigenvalue weighted by Crippen LogP contribution is -2.19. The molecule has 0 amide bonds. The van der Waals surface area contributed by atoms with Gasteiger partial charge in [0.1, 0.15) is 0 Å².